The predicted molar refractivity (Wildman–Crippen MR) is 118 cm³/mol. The number of rotatable bonds is 8. The highest BCUT2D eigenvalue weighted by molar-refractivity contribution is 5.95. The molecular weight excluding hydrogens is 396 g/mol. The van der Waals surface area contributed by atoms with E-state index < -0.39 is 5.54 Å². The zero-order chi connectivity index (χ0) is 22.1. The molecule has 1 heterocycles. The molecule has 3 rings (SSSR count). The average molecular weight is 427 g/mol. The van der Waals surface area contributed by atoms with E-state index in [-0.39, 0.29) is 18.7 Å². The summed E-state index contributed by atoms with van der Waals surface area (Å²) in [5.41, 5.74) is 1.76. The van der Waals surface area contributed by atoms with Gasteiger partial charge in [-0.15, -0.1) is 0 Å². The fourth-order valence-electron chi connectivity index (χ4n) is 3.77. The first-order valence-electron chi connectivity index (χ1n) is 10.6. The molecular formula is C24H30N2O5. The Labute approximate surface area is 183 Å². The summed E-state index contributed by atoms with van der Waals surface area (Å²) in [6, 6.07) is 16.9. The molecule has 0 saturated carbocycles. The van der Waals surface area contributed by atoms with Crippen molar-refractivity contribution in [3.05, 3.63) is 65.7 Å². The molecule has 2 aromatic rings. The van der Waals surface area contributed by atoms with E-state index in [1.807, 2.05) is 48.5 Å². The second-order valence-corrected chi connectivity index (χ2v) is 7.63. The van der Waals surface area contributed by atoms with E-state index in [0.29, 0.717) is 50.4 Å². The molecule has 0 bridgehead atoms. The van der Waals surface area contributed by atoms with Gasteiger partial charge in [-0.25, -0.2) is 9.59 Å². The third-order valence-electron chi connectivity index (χ3n) is 5.43. The minimum atomic E-state index is -0.395. The zero-order valence-corrected chi connectivity index (χ0v) is 18.1. The Hall–Kier alpha value is -3.06. The summed E-state index contributed by atoms with van der Waals surface area (Å²) in [6.45, 7) is 3.88. The number of likely N-dealkylation sites (tertiary alicyclic amines) is 1. The highest BCUT2D eigenvalue weighted by Gasteiger charge is 2.37. The summed E-state index contributed by atoms with van der Waals surface area (Å²) in [6.07, 6.45) is 1.01. The van der Waals surface area contributed by atoms with Crippen molar-refractivity contribution in [1.82, 2.24) is 4.90 Å². The van der Waals surface area contributed by atoms with Gasteiger partial charge in [0.25, 0.3) is 0 Å². The molecule has 0 unspecified atom stereocenters. The van der Waals surface area contributed by atoms with E-state index in [2.05, 4.69) is 5.32 Å². The molecule has 1 N–H and O–H groups in total. The Morgan fingerprint density at radius 3 is 2.35 bits per heavy atom. The molecule has 1 fully saturated rings. The van der Waals surface area contributed by atoms with Crippen LogP contribution in [-0.2, 0) is 20.8 Å². The van der Waals surface area contributed by atoms with Crippen LogP contribution in [0, 0.1) is 0 Å². The molecule has 0 aliphatic carbocycles. The van der Waals surface area contributed by atoms with Gasteiger partial charge in [-0.2, -0.15) is 0 Å². The molecule has 7 heteroatoms. The molecule has 0 atom stereocenters. The Kier molecular flexibility index (Phi) is 7.89. The first kappa shape index (κ1) is 22.6. The van der Waals surface area contributed by atoms with Gasteiger partial charge in [0, 0.05) is 25.9 Å². The lowest BCUT2D eigenvalue weighted by molar-refractivity contribution is 0.0526. The predicted octanol–water partition coefficient (Wildman–Crippen LogP) is 4.09. The number of methoxy groups -OCH3 is 1. The lowest BCUT2D eigenvalue weighted by atomic mass is 9.87. The second-order valence-electron chi connectivity index (χ2n) is 7.63. The summed E-state index contributed by atoms with van der Waals surface area (Å²) in [5, 5.41) is 3.52. The van der Waals surface area contributed by atoms with Crippen LogP contribution in [-0.4, -0.2) is 55.9 Å². The standard InChI is InChI=1S/C24H30N2O5/c1-3-30-22(27)20-11-7-8-12-21(20)25-24(18-29-2)13-15-26(16-14-24)23(28)31-17-19-9-5-4-6-10-19/h4-12,25H,3,13-18H2,1-2H3. The summed E-state index contributed by atoms with van der Waals surface area (Å²) < 4.78 is 16.1. The third-order valence-corrected chi connectivity index (χ3v) is 5.43. The van der Waals surface area contributed by atoms with Gasteiger partial charge in [0.1, 0.15) is 6.61 Å². The second kappa shape index (κ2) is 10.8. The van der Waals surface area contributed by atoms with Crippen molar-refractivity contribution in [2.24, 2.45) is 0 Å². The Balaban J connectivity index is 1.63. The monoisotopic (exact) mass is 426 g/mol. The molecule has 1 aliphatic heterocycles. The van der Waals surface area contributed by atoms with Crippen molar-refractivity contribution in [3.8, 4) is 0 Å². The van der Waals surface area contributed by atoms with Crippen LogP contribution >= 0.6 is 0 Å². The maximum atomic E-state index is 12.5. The molecule has 0 aromatic heterocycles. The molecule has 1 aliphatic rings. The van der Waals surface area contributed by atoms with Crippen LogP contribution in [0.5, 0.6) is 0 Å². The average Bonchev–Trinajstić information content (AvgIpc) is 2.79. The molecule has 0 radical (unpaired) electrons. The van der Waals surface area contributed by atoms with Gasteiger partial charge in [0.05, 0.1) is 24.3 Å². The number of hydrogen-bond acceptors (Lipinski definition) is 6. The zero-order valence-electron chi connectivity index (χ0n) is 18.1. The quantitative estimate of drug-likeness (QED) is 0.641. The van der Waals surface area contributed by atoms with Crippen LogP contribution in [0.3, 0.4) is 0 Å². The van der Waals surface area contributed by atoms with Crippen molar-refractivity contribution in [2.75, 3.05) is 38.7 Å². The van der Waals surface area contributed by atoms with E-state index in [9.17, 15) is 9.59 Å². The van der Waals surface area contributed by atoms with Crippen molar-refractivity contribution in [1.29, 1.82) is 0 Å². The largest absolute Gasteiger partial charge is 0.462 e. The van der Waals surface area contributed by atoms with Gasteiger partial charge < -0.3 is 24.4 Å². The number of nitrogens with zero attached hydrogens (tertiary/aromatic N) is 1. The van der Waals surface area contributed by atoms with E-state index in [4.69, 9.17) is 14.2 Å². The Morgan fingerprint density at radius 1 is 1.00 bits per heavy atom. The minimum absolute atomic E-state index is 0.255. The van der Waals surface area contributed by atoms with E-state index in [1.54, 1.807) is 25.0 Å². The fourth-order valence-corrected chi connectivity index (χ4v) is 3.77. The lowest BCUT2D eigenvalue weighted by Crippen LogP contribution is -2.53. The number of nitrogens with one attached hydrogen (secondary N) is 1. The topological polar surface area (TPSA) is 77.1 Å². The van der Waals surface area contributed by atoms with Crippen molar-refractivity contribution in [3.63, 3.8) is 0 Å². The normalized spacial score (nSPS) is 15.2. The molecule has 7 nitrogen and oxygen atoms in total. The van der Waals surface area contributed by atoms with Crippen LogP contribution in [0.2, 0.25) is 0 Å². The Bertz CT molecular complexity index is 863. The van der Waals surface area contributed by atoms with Gasteiger partial charge in [0.2, 0.25) is 0 Å². The van der Waals surface area contributed by atoms with Crippen LogP contribution in [0.4, 0.5) is 10.5 Å². The van der Waals surface area contributed by atoms with E-state index in [1.165, 1.54) is 0 Å². The molecule has 31 heavy (non-hydrogen) atoms. The van der Waals surface area contributed by atoms with Gasteiger partial charge in [-0.1, -0.05) is 42.5 Å². The van der Waals surface area contributed by atoms with Gasteiger partial charge >= 0.3 is 12.1 Å². The van der Waals surface area contributed by atoms with Crippen LogP contribution in [0.15, 0.2) is 54.6 Å². The SMILES string of the molecule is CCOC(=O)c1ccccc1NC1(COC)CCN(C(=O)OCc2ccccc2)CC1. The Morgan fingerprint density at radius 2 is 1.68 bits per heavy atom. The summed E-state index contributed by atoms with van der Waals surface area (Å²) >= 11 is 0. The third kappa shape index (κ3) is 5.98. The van der Waals surface area contributed by atoms with Crippen LogP contribution in [0.1, 0.15) is 35.7 Å². The first-order valence-corrected chi connectivity index (χ1v) is 10.6. The smallest absolute Gasteiger partial charge is 0.410 e. The number of carbonyl (C=O) groups excluding carboxylic acids is 2. The number of amides is 1. The van der Waals surface area contributed by atoms with Crippen LogP contribution < -0.4 is 5.32 Å². The molecule has 1 saturated heterocycles. The molecule has 1 amide bonds. The number of para-hydroxylation sites is 1. The van der Waals surface area contributed by atoms with Gasteiger partial charge in [-0.3, -0.25) is 0 Å². The van der Waals surface area contributed by atoms with E-state index >= 15 is 0 Å². The number of hydrogen-bond donors (Lipinski definition) is 1. The number of anilines is 1. The van der Waals surface area contributed by atoms with Gasteiger partial charge in [0.15, 0.2) is 0 Å². The summed E-state index contributed by atoms with van der Waals surface area (Å²) in [4.78, 5) is 26.6. The number of esters is 1. The van der Waals surface area contributed by atoms with Crippen molar-refractivity contribution >= 4 is 17.7 Å². The number of ether oxygens (including phenoxy) is 3. The van der Waals surface area contributed by atoms with Gasteiger partial charge in [-0.05, 0) is 37.5 Å². The maximum Gasteiger partial charge on any atom is 0.410 e. The highest BCUT2D eigenvalue weighted by Crippen LogP contribution is 2.30. The van der Waals surface area contributed by atoms with E-state index in [0.717, 1.165) is 5.56 Å². The number of carbonyl (C=O) groups is 2. The highest BCUT2D eigenvalue weighted by atomic mass is 16.6. The fraction of sp³-hybridized carbons (Fsp3) is 0.417. The molecule has 2 aromatic carbocycles. The summed E-state index contributed by atoms with van der Waals surface area (Å²) in [5.74, 6) is -0.361. The first-order chi connectivity index (χ1) is 15.1. The van der Waals surface area contributed by atoms with Crippen molar-refractivity contribution in [2.45, 2.75) is 31.9 Å². The number of piperidine rings is 1. The minimum Gasteiger partial charge on any atom is -0.462 e. The van der Waals surface area contributed by atoms with Crippen LogP contribution in [0.25, 0.3) is 0 Å². The maximum absolute atomic E-state index is 12.5. The molecule has 166 valence electrons. The van der Waals surface area contributed by atoms with Crippen molar-refractivity contribution < 1.29 is 23.8 Å². The number of benzene rings is 2. The lowest BCUT2D eigenvalue weighted by Gasteiger charge is -2.42. The molecule has 0 spiro atoms. The summed E-state index contributed by atoms with van der Waals surface area (Å²) in [7, 11) is 1.65.